The first-order chi connectivity index (χ1) is 5.52. The molecule has 1 aromatic carbocycles. The highest BCUT2D eigenvalue weighted by Crippen LogP contribution is 2.29. The van der Waals surface area contributed by atoms with Gasteiger partial charge in [-0.3, -0.25) is 4.79 Å². The van der Waals surface area contributed by atoms with Crippen LogP contribution in [0, 0.1) is 0 Å². The first-order valence-corrected chi connectivity index (χ1v) is 4.93. The second-order valence-electron chi connectivity index (χ2n) is 2.11. The highest BCUT2D eigenvalue weighted by molar-refractivity contribution is 9.11. The van der Waals surface area contributed by atoms with Gasteiger partial charge in [0.15, 0.2) is 0 Å². The molecule has 12 heavy (non-hydrogen) atoms. The quantitative estimate of drug-likeness (QED) is 0.796. The van der Waals surface area contributed by atoms with Gasteiger partial charge in [0, 0.05) is 8.95 Å². The van der Waals surface area contributed by atoms with E-state index in [0.717, 1.165) is 0 Å². The summed E-state index contributed by atoms with van der Waals surface area (Å²) in [5.41, 5.74) is 5.51. The van der Waals surface area contributed by atoms with Crippen molar-refractivity contribution < 1.29 is 4.79 Å². The molecule has 5 heteroatoms. The van der Waals surface area contributed by atoms with Crippen molar-refractivity contribution in [3.8, 4) is 0 Å². The van der Waals surface area contributed by atoms with Crippen LogP contribution >= 0.6 is 43.5 Å². The molecule has 0 bridgehead atoms. The van der Waals surface area contributed by atoms with Gasteiger partial charge in [0.2, 0.25) is 5.91 Å². The predicted molar refractivity (Wildman–Crippen MR) is 55.4 cm³/mol. The van der Waals surface area contributed by atoms with E-state index in [2.05, 4.69) is 31.9 Å². The van der Waals surface area contributed by atoms with Crippen LogP contribution in [0.3, 0.4) is 0 Å². The largest absolute Gasteiger partial charge is 0.366 e. The van der Waals surface area contributed by atoms with Crippen molar-refractivity contribution in [3.63, 3.8) is 0 Å². The van der Waals surface area contributed by atoms with E-state index in [4.69, 9.17) is 17.3 Å². The van der Waals surface area contributed by atoms with Gasteiger partial charge in [-0.2, -0.15) is 0 Å². The lowest BCUT2D eigenvalue weighted by atomic mass is 10.2. The van der Waals surface area contributed by atoms with Crippen molar-refractivity contribution in [1.82, 2.24) is 0 Å². The minimum atomic E-state index is -0.487. The third kappa shape index (κ3) is 2.00. The molecule has 1 aromatic rings. The molecule has 1 rings (SSSR count). The van der Waals surface area contributed by atoms with Crippen LogP contribution in [0.5, 0.6) is 0 Å². The topological polar surface area (TPSA) is 43.1 Å². The Kier molecular flexibility index (Phi) is 3.15. The third-order valence-corrected chi connectivity index (χ3v) is 3.13. The molecule has 64 valence electrons. The van der Waals surface area contributed by atoms with Crippen molar-refractivity contribution in [3.05, 3.63) is 31.7 Å². The maximum atomic E-state index is 10.8. The van der Waals surface area contributed by atoms with E-state index in [0.29, 0.717) is 19.5 Å². The Morgan fingerprint density at radius 3 is 2.42 bits per heavy atom. The number of hydrogen-bond acceptors (Lipinski definition) is 1. The summed E-state index contributed by atoms with van der Waals surface area (Å²) in [6.45, 7) is 0. The number of carbonyl (C=O) groups is 1. The molecule has 0 aliphatic heterocycles. The Bertz CT molecular complexity index is 340. The lowest BCUT2D eigenvalue weighted by molar-refractivity contribution is 0.0999. The summed E-state index contributed by atoms with van der Waals surface area (Å²) in [6.07, 6.45) is 0. The number of primary amides is 1. The number of benzene rings is 1. The molecule has 0 atom stereocenters. The normalized spacial score (nSPS) is 9.92. The van der Waals surface area contributed by atoms with Crippen LogP contribution in [-0.4, -0.2) is 5.91 Å². The zero-order valence-corrected chi connectivity index (χ0v) is 9.70. The molecular weight excluding hydrogens is 309 g/mol. The van der Waals surface area contributed by atoms with Crippen LogP contribution in [0.4, 0.5) is 0 Å². The van der Waals surface area contributed by atoms with Gasteiger partial charge >= 0.3 is 0 Å². The SMILES string of the molecule is NC(=O)c1cc(Br)c(Cl)cc1Br. The average Bonchev–Trinajstić information content (AvgIpc) is 1.96. The molecule has 0 unspecified atom stereocenters. The summed E-state index contributed by atoms with van der Waals surface area (Å²) in [5.74, 6) is -0.487. The van der Waals surface area contributed by atoms with Crippen molar-refractivity contribution >= 4 is 49.4 Å². The summed E-state index contributed by atoms with van der Waals surface area (Å²) in [5, 5.41) is 0.534. The molecule has 0 aliphatic carbocycles. The van der Waals surface area contributed by atoms with Crippen LogP contribution < -0.4 is 5.73 Å². The molecule has 0 saturated carbocycles. The first-order valence-electron chi connectivity index (χ1n) is 2.96. The molecule has 0 saturated heterocycles. The maximum Gasteiger partial charge on any atom is 0.249 e. The number of halogens is 3. The molecular formula is C7H4Br2ClNO. The lowest BCUT2D eigenvalue weighted by Gasteiger charge is -2.01. The molecule has 1 amide bonds. The minimum absolute atomic E-state index is 0.409. The van der Waals surface area contributed by atoms with E-state index in [9.17, 15) is 4.79 Å². The van der Waals surface area contributed by atoms with Gasteiger partial charge in [0.25, 0.3) is 0 Å². The van der Waals surface area contributed by atoms with E-state index in [-0.39, 0.29) is 0 Å². The molecule has 2 N–H and O–H groups in total. The molecule has 0 heterocycles. The molecule has 0 fully saturated rings. The second-order valence-corrected chi connectivity index (χ2v) is 4.23. The van der Waals surface area contributed by atoms with Crippen LogP contribution in [0.1, 0.15) is 10.4 Å². The average molecular weight is 313 g/mol. The Morgan fingerprint density at radius 2 is 1.92 bits per heavy atom. The second kappa shape index (κ2) is 3.77. The zero-order valence-electron chi connectivity index (χ0n) is 5.77. The monoisotopic (exact) mass is 311 g/mol. The summed E-state index contributed by atoms with van der Waals surface area (Å²) >= 11 is 12.1. The summed E-state index contributed by atoms with van der Waals surface area (Å²) in [6, 6.07) is 3.19. The Hall–Kier alpha value is -0.0600. The zero-order chi connectivity index (χ0) is 9.30. The van der Waals surface area contributed by atoms with E-state index >= 15 is 0 Å². The van der Waals surface area contributed by atoms with Gasteiger partial charge < -0.3 is 5.73 Å². The standard InChI is InChI=1S/C7H4Br2ClNO/c8-4-2-6(10)5(9)1-3(4)7(11)12/h1-2H,(H2,11,12). The van der Waals surface area contributed by atoms with E-state index < -0.39 is 5.91 Å². The van der Waals surface area contributed by atoms with Crippen molar-refractivity contribution in [1.29, 1.82) is 0 Å². The Morgan fingerprint density at radius 1 is 1.33 bits per heavy atom. The number of rotatable bonds is 1. The molecule has 0 spiro atoms. The van der Waals surface area contributed by atoms with Gasteiger partial charge in [0.1, 0.15) is 0 Å². The lowest BCUT2D eigenvalue weighted by Crippen LogP contribution is -2.11. The van der Waals surface area contributed by atoms with Gasteiger partial charge in [-0.05, 0) is 44.0 Å². The van der Waals surface area contributed by atoms with Crippen LogP contribution in [0.2, 0.25) is 5.02 Å². The van der Waals surface area contributed by atoms with Crippen LogP contribution in [0.15, 0.2) is 21.1 Å². The Labute approximate surface area is 91.3 Å². The van der Waals surface area contributed by atoms with Crippen LogP contribution in [-0.2, 0) is 0 Å². The molecule has 0 radical (unpaired) electrons. The van der Waals surface area contributed by atoms with E-state index in [1.165, 1.54) is 0 Å². The number of hydrogen-bond donors (Lipinski definition) is 1. The molecule has 0 aliphatic rings. The summed E-state index contributed by atoms with van der Waals surface area (Å²) in [7, 11) is 0. The fraction of sp³-hybridized carbons (Fsp3) is 0. The first kappa shape index (κ1) is 10.0. The van der Waals surface area contributed by atoms with Crippen LogP contribution in [0.25, 0.3) is 0 Å². The van der Waals surface area contributed by atoms with E-state index in [1.807, 2.05) is 0 Å². The highest BCUT2D eigenvalue weighted by Gasteiger charge is 2.08. The third-order valence-electron chi connectivity index (χ3n) is 1.28. The maximum absolute atomic E-state index is 10.8. The number of amides is 1. The van der Waals surface area contributed by atoms with E-state index in [1.54, 1.807) is 12.1 Å². The number of carbonyl (C=O) groups excluding carboxylic acids is 1. The van der Waals surface area contributed by atoms with Gasteiger partial charge in [0.05, 0.1) is 10.6 Å². The highest BCUT2D eigenvalue weighted by atomic mass is 79.9. The number of nitrogens with two attached hydrogens (primary N) is 1. The fourth-order valence-electron chi connectivity index (χ4n) is 0.711. The van der Waals surface area contributed by atoms with Gasteiger partial charge in [-0.15, -0.1) is 0 Å². The summed E-state index contributed by atoms with van der Waals surface area (Å²) in [4.78, 5) is 10.8. The summed E-state index contributed by atoms with van der Waals surface area (Å²) < 4.78 is 1.25. The van der Waals surface area contributed by atoms with Gasteiger partial charge in [-0.1, -0.05) is 11.6 Å². The van der Waals surface area contributed by atoms with Crippen molar-refractivity contribution in [2.24, 2.45) is 5.73 Å². The minimum Gasteiger partial charge on any atom is -0.366 e. The predicted octanol–water partition coefficient (Wildman–Crippen LogP) is 2.96. The smallest absolute Gasteiger partial charge is 0.249 e. The van der Waals surface area contributed by atoms with Crippen molar-refractivity contribution in [2.45, 2.75) is 0 Å². The van der Waals surface area contributed by atoms with Crippen molar-refractivity contribution in [2.75, 3.05) is 0 Å². The fourth-order valence-corrected chi connectivity index (χ4v) is 1.89. The van der Waals surface area contributed by atoms with Gasteiger partial charge in [-0.25, -0.2) is 0 Å². The molecule has 2 nitrogen and oxygen atoms in total. The Balaban J connectivity index is 3.33. The molecule has 0 aromatic heterocycles.